The van der Waals surface area contributed by atoms with Crippen molar-refractivity contribution < 1.29 is 29.1 Å². The molecule has 0 saturated carbocycles. The van der Waals surface area contributed by atoms with Crippen LogP contribution >= 0.6 is 0 Å². The average molecular weight is 480 g/mol. The monoisotopic (exact) mass is 479 g/mol. The van der Waals surface area contributed by atoms with E-state index in [1.165, 1.54) is 12.5 Å². The molecule has 8 N–H and O–H groups in total. The number of imidazole rings is 1. The number of hydrogen-bond donors (Lipinski definition) is 7. The molecule has 2 heterocycles. The molecule has 34 heavy (non-hydrogen) atoms. The lowest BCUT2D eigenvalue weighted by atomic mass is 9.97. The topological polar surface area (TPSA) is 208 Å². The number of carbonyl (C=O) groups excluding carboxylic acids is 4. The third kappa shape index (κ3) is 7.83. The summed E-state index contributed by atoms with van der Waals surface area (Å²) in [5, 5.41) is 20.0. The SMILES string of the molecule is CCC(C)C(NC(=O)C1CCCN1)C(=O)NC(Cc1cnc[nH]1)C(=O)NC(CC(N)=O)C(=O)O. The Morgan fingerprint density at radius 2 is 1.88 bits per heavy atom. The van der Waals surface area contributed by atoms with Gasteiger partial charge >= 0.3 is 5.97 Å². The van der Waals surface area contributed by atoms with Crippen LogP contribution in [0.4, 0.5) is 0 Å². The van der Waals surface area contributed by atoms with Crippen LogP contribution in [-0.4, -0.2) is 75.4 Å². The van der Waals surface area contributed by atoms with Crippen LogP contribution in [0, 0.1) is 5.92 Å². The van der Waals surface area contributed by atoms with Gasteiger partial charge in [0.1, 0.15) is 18.1 Å². The van der Waals surface area contributed by atoms with Crippen molar-refractivity contribution in [3.8, 4) is 0 Å². The van der Waals surface area contributed by atoms with Gasteiger partial charge in [0.05, 0.1) is 18.8 Å². The largest absolute Gasteiger partial charge is 0.480 e. The van der Waals surface area contributed by atoms with Crippen molar-refractivity contribution in [3.05, 3.63) is 18.2 Å². The molecule has 1 aromatic rings. The van der Waals surface area contributed by atoms with E-state index in [1.54, 1.807) is 0 Å². The molecule has 1 aliphatic heterocycles. The zero-order valence-electron chi connectivity index (χ0n) is 19.3. The number of carboxylic acids is 1. The smallest absolute Gasteiger partial charge is 0.326 e. The highest BCUT2D eigenvalue weighted by Crippen LogP contribution is 2.12. The number of primary amides is 1. The van der Waals surface area contributed by atoms with Gasteiger partial charge in [-0.15, -0.1) is 0 Å². The summed E-state index contributed by atoms with van der Waals surface area (Å²) in [7, 11) is 0. The van der Waals surface area contributed by atoms with E-state index in [0.717, 1.165) is 13.0 Å². The van der Waals surface area contributed by atoms with E-state index in [4.69, 9.17) is 5.73 Å². The van der Waals surface area contributed by atoms with Crippen molar-refractivity contribution in [2.75, 3.05) is 6.54 Å². The van der Waals surface area contributed by atoms with Gasteiger partial charge in [0, 0.05) is 18.3 Å². The second kappa shape index (κ2) is 12.7. The Balaban J connectivity index is 2.18. The molecule has 0 aromatic carbocycles. The molecule has 13 nitrogen and oxygen atoms in total. The quantitative estimate of drug-likeness (QED) is 0.171. The summed E-state index contributed by atoms with van der Waals surface area (Å²) in [5.41, 5.74) is 5.59. The highest BCUT2D eigenvalue weighted by molar-refractivity contribution is 5.95. The van der Waals surface area contributed by atoms with E-state index >= 15 is 0 Å². The van der Waals surface area contributed by atoms with Crippen molar-refractivity contribution >= 4 is 29.6 Å². The number of carboxylic acid groups (broad SMARTS) is 1. The van der Waals surface area contributed by atoms with Crippen LogP contribution < -0.4 is 27.0 Å². The maximum atomic E-state index is 13.2. The molecule has 188 valence electrons. The first-order valence-electron chi connectivity index (χ1n) is 11.2. The van der Waals surface area contributed by atoms with Crippen molar-refractivity contribution in [1.82, 2.24) is 31.2 Å². The lowest BCUT2D eigenvalue weighted by molar-refractivity contribution is -0.143. The number of aromatic amines is 1. The van der Waals surface area contributed by atoms with E-state index < -0.39 is 48.2 Å². The summed E-state index contributed by atoms with van der Waals surface area (Å²) in [6.45, 7) is 4.41. The minimum atomic E-state index is -1.55. The predicted molar refractivity (Wildman–Crippen MR) is 120 cm³/mol. The van der Waals surface area contributed by atoms with Gasteiger partial charge in [0.25, 0.3) is 0 Å². The first-order valence-corrected chi connectivity index (χ1v) is 11.2. The molecule has 0 radical (unpaired) electrons. The number of nitrogens with zero attached hydrogens (tertiary/aromatic N) is 1. The van der Waals surface area contributed by atoms with Crippen LogP contribution in [-0.2, 0) is 30.4 Å². The Kier molecular flexibility index (Phi) is 9.98. The first kappa shape index (κ1) is 26.8. The van der Waals surface area contributed by atoms with E-state index in [-0.39, 0.29) is 24.3 Å². The van der Waals surface area contributed by atoms with Crippen LogP contribution in [0.5, 0.6) is 0 Å². The normalized spacial score (nSPS) is 18.8. The average Bonchev–Trinajstić information content (AvgIpc) is 3.49. The number of nitrogens with one attached hydrogen (secondary N) is 5. The Morgan fingerprint density at radius 1 is 1.18 bits per heavy atom. The zero-order valence-corrected chi connectivity index (χ0v) is 19.3. The highest BCUT2D eigenvalue weighted by Gasteiger charge is 2.34. The number of nitrogens with two attached hydrogens (primary N) is 1. The molecule has 5 unspecified atom stereocenters. The number of hydrogen-bond acceptors (Lipinski definition) is 7. The zero-order chi connectivity index (χ0) is 25.3. The van der Waals surface area contributed by atoms with Crippen molar-refractivity contribution in [2.24, 2.45) is 11.7 Å². The molecule has 1 aliphatic rings. The van der Waals surface area contributed by atoms with Gasteiger partial charge in [-0.25, -0.2) is 9.78 Å². The minimum absolute atomic E-state index is 0.0220. The second-order valence-corrected chi connectivity index (χ2v) is 8.43. The molecule has 1 fully saturated rings. The van der Waals surface area contributed by atoms with Crippen LogP contribution in [0.25, 0.3) is 0 Å². The van der Waals surface area contributed by atoms with E-state index in [0.29, 0.717) is 18.5 Å². The first-order chi connectivity index (χ1) is 16.1. The Hall–Kier alpha value is -3.48. The fourth-order valence-corrected chi connectivity index (χ4v) is 3.62. The molecular weight excluding hydrogens is 446 g/mol. The van der Waals surface area contributed by atoms with Gasteiger partial charge in [-0.05, 0) is 25.3 Å². The van der Waals surface area contributed by atoms with Crippen LogP contribution in [0.2, 0.25) is 0 Å². The minimum Gasteiger partial charge on any atom is -0.480 e. The Bertz CT molecular complexity index is 869. The van der Waals surface area contributed by atoms with Crippen molar-refractivity contribution in [1.29, 1.82) is 0 Å². The number of aromatic nitrogens is 2. The summed E-state index contributed by atoms with van der Waals surface area (Å²) < 4.78 is 0. The molecule has 0 spiro atoms. The van der Waals surface area contributed by atoms with Gasteiger partial charge in [-0.1, -0.05) is 20.3 Å². The molecule has 2 rings (SSSR count). The van der Waals surface area contributed by atoms with Crippen LogP contribution in [0.1, 0.15) is 45.2 Å². The van der Waals surface area contributed by atoms with Gasteiger partial charge < -0.3 is 37.1 Å². The number of carbonyl (C=O) groups is 5. The lowest BCUT2D eigenvalue weighted by Gasteiger charge is -2.27. The van der Waals surface area contributed by atoms with Crippen LogP contribution in [0.3, 0.4) is 0 Å². The van der Waals surface area contributed by atoms with E-state index in [9.17, 15) is 29.1 Å². The summed E-state index contributed by atoms with van der Waals surface area (Å²) >= 11 is 0. The van der Waals surface area contributed by atoms with E-state index in [1.807, 2.05) is 13.8 Å². The fraction of sp³-hybridized carbons (Fsp3) is 0.619. The molecule has 0 bridgehead atoms. The van der Waals surface area contributed by atoms with Gasteiger partial charge in [0.15, 0.2) is 0 Å². The number of rotatable bonds is 13. The molecular formula is C21H33N7O6. The van der Waals surface area contributed by atoms with E-state index in [2.05, 4.69) is 31.2 Å². The van der Waals surface area contributed by atoms with Crippen LogP contribution in [0.15, 0.2) is 12.5 Å². The highest BCUT2D eigenvalue weighted by atomic mass is 16.4. The summed E-state index contributed by atoms with van der Waals surface area (Å²) in [5.74, 6) is -4.26. The molecule has 1 aromatic heterocycles. The number of amides is 4. The molecule has 5 atom stereocenters. The second-order valence-electron chi connectivity index (χ2n) is 8.43. The number of aliphatic carboxylic acids is 1. The summed E-state index contributed by atoms with van der Waals surface area (Å²) in [6, 6.07) is -4.04. The third-order valence-corrected chi connectivity index (χ3v) is 5.80. The third-order valence-electron chi connectivity index (χ3n) is 5.80. The predicted octanol–water partition coefficient (Wildman–Crippen LogP) is -1.84. The lowest BCUT2D eigenvalue weighted by Crippen LogP contribution is -2.59. The Labute approximate surface area is 197 Å². The summed E-state index contributed by atoms with van der Waals surface area (Å²) in [6.07, 6.45) is 4.36. The van der Waals surface area contributed by atoms with Gasteiger partial charge in [0.2, 0.25) is 23.6 Å². The maximum Gasteiger partial charge on any atom is 0.326 e. The molecule has 13 heteroatoms. The van der Waals surface area contributed by atoms with Gasteiger partial charge in [-0.2, -0.15) is 0 Å². The van der Waals surface area contributed by atoms with Crippen molar-refractivity contribution in [3.63, 3.8) is 0 Å². The maximum absolute atomic E-state index is 13.2. The number of H-pyrrole nitrogens is 1. The fourth-order valence-electron chi connectivity index (χ4n) is 3.62. The molecule has 4 amide bonds. The summed E-state index contributed by atoms with van der Waals surface area (Å²) in [4.78, 5) is 68.1. The molecule has 1 saturated heterocycles. The Morgan fingerprint density at radius 3 is 2.41 bits per heavy atom. The van der Waals surface area contributed by atoms with Crippen molar-refractivity contribution in [2.45, 2.75) is 70.1 Å². The van der Waals surface area contributed by atoms with Gasteiger partial charge in [-0.3, -0.25) is 19.2 Å². The molecule has 0 aliphatic carbocycles. The standard InChI is InChI=1S/C21H33N7O6/c1-3-11(2)17(28-18(30)13-5-4-6-24-13)20(32)26-14(7-12-9-23-10-25-12)19(31)27-15(21(33)34)8-16(22)29/h9-11,13-15,17,24H,3-8H2,1-2H3,(H2,22,29)(H,23,25)(H,26,32)(H,27,31)(H,28,30)(H,33,34).